The van der Waals surface area contributed by atoms with E-state index in [9.17, 15) is 4.39 Å². The van der Waals surface area contributed by atoms with Gasteiger partial charge in [0, 0.05) is 17.1 Å². The number of ether oxygens (including phenoxy) is 2. The lowest BCUT2D eigenvalue weighted by Gasteiger charge is -2.27. The molecule has 20 heavy (non-hydrogen) atoms. The van der Waals surface area contributed by atoms with Gasteiger partial charge in [0.15, 0.2) is 4.47 Å². The van der Waals surface area contributed by atoms with Gasteiger partial charge in [0.25, 0.3) is 0 Å². The SMILES string of the molecule is Fc1ccc(OC2COC2)c(NCc2cnc(Cl)s2)c1. The van der Waals surface area contributed by atoms with E-state index >= 15 is 0 Å². The Morgan fingerprint density at radius 3 is 3.00 bits per heavy atom. The fraction of sp³-hybridized carbons (Fsp3) is 0.308. The van der Waals surface area contributed by atoms with Gasteiger partial charge in [0.2, 0.25) is 0 Å². The number of nitrogens with zero attached hydrogens (tertiary/aromatic N) is 1. The van der Waals surface area contributed by atoms with Gasteiger partial charge in [-0.05, 0) is 12.1 Å². The van der Waals surface area contributed by atoms with Crippen LogP contribution in [0, 0.1) is 5.82 Å². The van der Waals surface area contributed by atoms with Crippen molar-refractivity contribution < 1.29 is 13.9 Å². The molecule has 0 unspecified atom stereocenters. The first-order valence-corrected chi connectivity index (χ1v) is 7.28. The van der Waals surface area contributed by atoms with Crippen molar-refractivity contribution in [2.24, 2.45) is 0 Å². The zero-order chi connectivity index (χ0) is 13.9. The summed E-state index contributed by atoms with van der Waals surface area (Å²) >= 11 is 7.16. The molecule has 0 bridgehead atoms. The quantitative estimate of drug-likeness (QED) is 0.919. The van der Waals surface area contributed by atoms with Crippen LogP contribution in [0.4, 0.5) is 10.1 Å². The Morgan fingerprint density at radius 2 is 2.35 bits per heavy atom. The Labute approximate surface area is 124 Å². The molecule has 0 radical (unpaired) electrons. The summed E-state index contributed by atoms with van der Waals surface area (Å²) in [5.74, 6) is 0.308. The minimum Gasteiger partial charge on any atom is -0.483 e. The van der Waals surface area contributed by atoms with Crippen LogP contribution in [0.1, 0.15) is 4.88 Å². The number of thiazole rings is 1. The number of halogens is 2. The summed E-state index contributed by atoms with van der Waals surface area (Å²) in [6, 6.07) is 4.41. The third-order valence-electron chi connectivity index (χ3n) is 2.82. The van der Waals surface area contributed by atoms with Gasteiger partial charge in [-0.2, -0.15) is 0 Å². The van der Waals surface area contributed by atoms with Crippen molar-refractivity contribution in [1.29, 1.82) is 0 Å². The van der Waals surface area contributed by atoms with Gasteiger partial charge in [-0.15, -0.1) is 11.3 Å². The molecule has 7 heteroatoms. The molecule has 1 fully saturated rings. The van der Waals surface area contributed by atoms with Crippen molar-refractivity contribution in [2.75, 3.05) is 18.5 Å². The fourth-order valence-corrected chi connectivity index (χ4v) is 2.67. The maximum absolute atomic E-state index is 13.4. The minimum atomic E-state index is -0.313. The lowest BCUT2D eigenvalue weighted by molar-refractivity contribution is -0.0794. The molecule has 4 nitrogen and oxygen atoms in total. The zero-order valence-electron chi connectivity index (χ0n) is 10.4. The molecule has 0 atom stereocenters. The van der Waals surface area contributed by atoms with Crippen molar-refractivity contribution in [3.63, 3.8) is 0 Å². The highest BCUT2D eigenvalue weighted by molar-refractivity contribution is 7.15. The van der Waals surface area contributed by atoms with E-state index in [1.54, 1.807) is 12.3 Å². The lowest BCUT2D eigenvalue weighted by Crippen LogP contribution is -2.38. The molecule has 106 valence electrons. The monoisotopic (exact) mass is 314 g/mol. The number of rotatable bonds is 5. The first-order chi connectivity index (χ1) is 9.70. The summed E-state index contributed by atoms with van der Waals surface area (Å²) in [4.78, 5) is 4.93. The second-order valence-corrected chi connectivity index (χ2v) is 6.05. The van der Waals surface area contributed by atoms with Crippen LogP contribution >= 0.6 is 22.9 Å². The highest BCUT2D eigenvalue weighted by atomic mass is 35.5. The molecule has 3 rings (SSSR count). The number of hydrogen-bond donors (Lipinski definition) is 1. The maximum Gasteiger partial charge on any atom is 0.183 e. The van der Waals surface area contributed by atoms with Crippen LogP contribution in [0.3, 0.4) is 0 Å². The van der Waals surface area contributed by atoms with Crippen molar-refractivity contribution >= 4 is 28.6 Å². The lowest BCUT2D eigenvalue weighted by atomic mass is 10.2. The Morgan fingerprint density at radius 1 is 1.50 bits per heavy atom. The van der Waals surface area contributed by atoms with E-state index in [-0.39, 0.29) is 11.9 Å². The van der Waals surface area contributed by atoms with Crippen molar-refractivity contribution in [1.82, 2.24) is 4.98 Å². The van der Waals surface area contributed by atoms with Gasteiger partial charge >= 0.3 is 0 Å². The molecular formula is C13H12ClFN2O2S. The van der Waals surface area contributed by atoms with Gasteiger partial charge in [-0.25, -0.2) is 9.37 Å². The molecule has 0 amide bonds. The molecule has 2 heterocycles. The number of anilines is 1. The molecule has 0 spiro atoms. The van der Waals surface area contributed by atoms with Crippen LogP contribution in [-0.2, 0) is 11.3 Å². The van der Waals surface area contributed by atoms with Crippen molar-refractivity contribution in [3.8, 4) is 5.75 Å². The maximum atomic E-state index is 13.4. The average Bonchev–Trinajstić information content (AvgIpc) is 2.79. The highest BCUT2D eigenvalue weighted by Gasteiger charge is 2.21. The molecule has 0 saturated carbocycles. The standard InChI is InChI=1S/C13H12ClFN2O2S/c14-13-17-5-10(20-13)4-16-11-3-8(15)1-2-12(11)19-9-6-18-7-9/h1-3,5,9,16H,4,6-7H2. The molecule has 1 saturated heterocycles. The summed E-state index contributed by atoms with van der Waals surface area (Å²) in [7, 11) is 0. The molecule has 1 aliphatic heterocycles. The largest absolute Gasteiger partial charge is 0.483 e. The van der Waals surface area contributed by atoms with Crippen LogP contribution in [0.5, 0.6) is 5.75 Å². The summed E-state index contributed by atoms with van der Waals surface area (Å²) in [6.07, 6.45) is 1.73. The number of hydrogen-bond acceptors (Lipinski definition) is 5. The van der Waals surface area contributed by atoms with Gasteiger partial charge in [0.1, 0.15) is 17.7 Å². The smallest absolute Gasteiger partial charge is 0.183 e. The summed E-state index contributed by atoms with van der Waals surface area (Å²) in [5.41, 5.74) is 0.612. The fourth-order valence-electron chi connectivity index (χ4n) is 1.75. The van der Waals surface area contributed by atoms with Crippen LogP contribution in [0.2, 0.25) is 4.47 Å². The summed E-state index contributed by atoms with van der Waals surface area (Å²) in [6.45, 7) is 1.66. The van der Waals surface area contributed by atoms with Crippen LogP contribution in [0.15, 0.2) is 24.4 Å². The van der Waals surface area contributed by atoms with E-state index in [1.165, 1.54) is 23.5 Å². The van der Waals surface area contributed by atoms with Crippen molar-refractivity contribution in [2.45, 2.75) is 12.6 Å². The van der Waals surface area contributed by atoms with E-state index in [0.29, 0.717) is 35.7 Å². The normalized spacial score (nSPS) is 14.9. The Bertz CT molecular complexity index is 604. The Balaban J connectivity index is 1.71. The van der Waals surface area contributed by atoms with E-state index in [0.717, 1.165) is 4.88 Å². The Hall–Kier alpha value is -1.37. The summed E-state index contributed by atoms with van der Waals surface area (Å²) in [5, 5.41) is 3.14. The van der Waals surface area contributed by atoms with Crippen LogP contribution < -0.4 is 10.1 Å². The van der Waals surface area contributed by atoms with Crippen LogP contribution in [0.25, 0.3) is 0 Å². The number of benzene rings is 1. The molecule has 2 aromatic rings. The van der Waals surface area contributed by atoms with Gasteiger partial charge in [-0.3, -0.25) is 0 Å². The molecule has 1 aliphatic rings. The molecule has 1 aromatic carbocycles. The van der Waals surface area contributed by atoms with Gasteiger partial charge in [-0.1, -0.05) is 11.6 Å². The van der Waals surface area contributed by atoms with E-state index in [2.05, 4.69) is 10.3 Å². The van der Waals surface area contributed by atoms with Gasteiger partial charge in [0.05, 0.1) is 25.4 Å². The predicted octanol–water partition coefficient (Wildman–Crippen LogP) is 3.33. The zero-order valence-corrected chi connectivity index (χ0v) is 12.0. The Kier molecular flexibility index (Phi) is 4.05. The minimum absolute atomic E-state index is 0.0406. The first kappa shape index (κ1) is 13.6. The molecule has 0 aliphatic carbocycles. The van der Waals surface area contributed by atoms with E-state index in [4.69, 9.17) is 21.1 Å². The topological polar surface area (TPSA) is 43.4 Å². The number of nitrogens with one attached hydrogen (secondary N) is 1. The van der Waals surface area contributed by atoms with Gasteiger partial charge < -0.3 is 14.8 Å². The van der Waals surface area contributed by atoms with E-state index < -0.39 is 0 Å². The molecule has 1 aromatic heterocycles. The van der Waals surface area contributed by atoms with Crippen LogP contribution in [-0.4, -0.2) is 24.3 Å². The third-order valence-corrected chi connectivity index (χ3v) is 3.94. The van der Waals surface area contributed by atoms with Crippen molar-refractivity contribution in [3.05, 3.63) is 39.6 Å². The first-order valence-electron chi connectivity index (χ1n) is 6.09. The second-order valence-electron chi connectivity index (χ2n) is 4.35. The number of aromatic nitrogens is 1. The summed E-state index contributed by atoms with van der Waals surface area (Å²) < 4.78 is 24.6. The second kappa shape index (κ2) is 5.95. The average molecular weight is 315 g/mol. The third kappa shape index (κ3) is 3.20. The van der Waals surface area contributed by atoms with E-state index in [1.807, 2.05) is 0 Å². The highest BCUT2D eigenvalue weighted by Crippen LogP contribution is 2.29. The molecular weight excluding hydrogens is 303 g/mol. The molecule has 1 N–H and O–H groups in total. The predicted molar refractivity (Wildman–Crippen MR) is 76.1 cm³/mol.